The third-order valence-corrected chi connectivity index (χ3v) is 5.67. The van der Waals surface area contributed by atoms with Crippen LogP contribution in [0.2, 0.25) is 0 Å². The first-order chi connectivity index (χ1) is 13.1. The number of nitrogens with one attached hydrogen (secondary N) is 1. The van der Waals surface area contributed by atoms with Gasteiger partial charge in [0.1, 0.15) is 11.9 Å². The van der Waals surface area contributed by atoms with Gasteiger partial charge in [-0.25, -0.2) is 4.98 Å². The lowest BCUT2D eigenvalue weighted by atomic mass is 9.85. The van der Waals surface area contributed by atoms with E-state index in [0.717, 1.165) is 57.4 Å². The van der Waals surface area contributed by atoms with Crippen LogP contribution in [0.25, 0.3) is 0 Å². The zero-order valence-corrected chi connectivity index (χ0v) is 15.7. The molecule has 2 aliphatic rings. The quantitative estimate of drug-likeness (QED) is 0.815. The maximum absolute atomic E-state index is 12.6. The van der Waals surface area contributed by atoms with E-state index in [1.54, 1.807) is 12.3 Å². The zero-order chi connectivity index (χ0) is 19.2. The molecule has 2 fully saturated rings. The van der Waals surface area contributed by atoms with Crippen LogP contribution >= 0.6 is 0 Å². The number of hydrogen-bond acceptors (Lipinski definition) is 6. The molecule has 0 atom stereocenters. The Kier molecular flexibility index (Phi) is 6.28. The highest BCUT2D eigenvalue weighted by Gasteiger charge is 2.30. The number of methoxy groups -OCH3 is 1. The molecule has 144 valence electrons. The van der Waals surface area contributed by atoms with E-state index in [9.17, 15) is 9.59 Å². The van der Waals surface area contributed by atoms with E-state index in [0.29, 0.717) is 5.56 Å². The number of piperidine rings is 1. The van der Waals surface area contributed by atoms with Crippen LogP contribution in [0, 0.1) is 23.2 Å². The minimum absolute atomic E-state index is 0.0219. The van der Waals surface area contributed by atoms with Gasteiger partial charge in [0.2, 0.25) is 5.91 Å². The van der Waals surface area contributed by atoms with E-state index in [2.05, 4.69) is 21.3 Å². The monoisotopic (exact) mass is 370 g/mol. The zero-order valence-electron chi connectivity index (χ0n) is 15.7. The molecule has 0 bridgehead atoms. The summed E-state index contributed by atoms with van der Waals surface area (Å²) in [6.07, 6.45) is 6.40. The molecule has 1 aromatic rings. The third kappa shape index (κ3) is 4.76. The van der Waals surface area contributed by atoms with Crippen LogP contribution in [0.3, 0.4) is 0 Å². The lowest BCUT2D eigenvalue weighted by Crippen LogP contribution is -2.45. The van der Waals surface area contributed by atoms with Gasteiger partial charge in [-0.2, -0.15) is 5.26 Å². The van der Waals surface area contributed by atoms with Crippen LogP contribution in [-0.2, 0) is 14.3 Å². The summed E-state index contributed by atoms with van der Waals surface area (Å²) in [6.45, 7) is 1.57. The van der Waals surface area contributed by atoms with Crippen molar-refractivity contribution in [2.75, 3.05) is 25.1 Å². The molecule has 1 saturated carbocycles. The van der Waals surface area contributed by atoms with Crippen molar-refractivity contribution >= 4 is 17.7 Å². The molecule has 1 aliphatic heterocycles. The Hall–Kier alpha value is -2.62. The minimum Gasteiger partial charge on any atom is -0.469 e. The van der Waals surface area contributed by atoms with E-state index in [4.69, 9.17) is 10.00 Å². The molecule has 2 heterocycles. The summed E-state index contributed by atoms with van der Waals surface area (Å²) in [5.41, 5.74) is 0.551. The number of nitriles is 1. The molecule has 7 heteroatoms. The first-order valence-electron chi connectivity index (χ1n) is 9.60. The minimum atomic E-state index is -0.136. The smallest absolute Gasteiger partial charge is 0.308 e. The fraction of sp³-hybridized carbons (Fsp3) is 0.600. The number of ether oxygens (including phenoxy) is 1. The number of esters is 1. The van der Waals surface area contributed by atoms with Crippen LogP contribution in [-0.4, -0.2) is 43.1 Å². The molecule has 0 radical (unpaired) electrons. The third-order valence-electron chi connectivity index (χ3n) is 5.67. The Morgan fingerprint density at radius 3 is 2.41 bits per heavy atom. The first-order valence-corrected chi connectivity index (χ1v) is 9.60. The van der Waals surface area contributed by atoms with Gasteiger partial charge in [-0.1, -0.05) is 0 Å². The molecule has 1 N–H and O–H groups in total. The van der Waals surface area contributed by atoms with Gasteiger partial charge in [0.15, 0.2) is 0 Å². The van der Waals surface area contributed by atoms with E-state index in [1.807, 2.05) is 6.07 Å². The van der Waals surface area contributed by atoms with Crippen molar-refractivity contribution in [3.05, 3.63) is 23.9 Å². The number of carbonyl (C=O) groups excluding carboxylic acids is 2. The van der Waals surface area contributed by atoms with Crippen LogP contribution in [0.5, 0.6) is 0 Å². The summed E-state index contributed by atoms with van der Waals surface area (Å²) >= 11 is 0. The van der Waals surface area contributed by atoms with Crippen LogP contribution in [0.4, 0.5) is 5.82 Å². The highest BCUT2D eigenvalue weighted by Crippen LogP contribution is 2.27. The van der Waals surface area contributed by atoms with Crippen molar-refractivity contribution in [3.63, 3.8) is 0 Å². The molecule has 1 aromatic heterocycles. The summed E-state index contributed by atoms with van der Waals surface area (Å²) in [5, 5.41) is 12.0. The number of hydrogen-bond donors (Lipinski definition) is 1. The normalized spacial score (nSPS) is 23.3. The van der Waals surface area contributed by atoms with Gasteiger partial charge in [-0.3, -0.25) is 9.59 Å². The van der Waals surface area contributed by atoms with Crippen molar-refractivity contribution in [2.45, 2.75) is 44.6 Å². The second kappa shape index (κ2) is 8.85. The maximum atomic E-state index is 12.6. The Balaban J connectivity index is 1.43. The summed E-state index contributed by atoms with van der Waals surface area (Å²) in [6, 6.07) is 5.86. The number of pyridine rings is 1. The van der Waals surface area contributed by atoms with E-state index in [-0.39, 0.29) is 29.8 Å². The molecule has 3 rings (SSSR count). The maximum Gasteiger partial charge on any atom is 0.308 e. The van der Waals surface area contributed by atoms with Crippen LogP contribution in [0.1, 0.15) is 44.1 Å². The van der Waals surface area contributed by atoms with Gasteiger partial charge in [0, 0.05) is 31.2 Å². The summed E-state index contributed by atoms with van der Waals surface area (Å²) < 4.78 is 4.81. The number of aromatic nitrogens is 1. The predicted octanol–water partition coefficient (Wildman–Crippen LogP) is 2.02. The van der Waals surface area contributed by atoms with Gasteiger partial charge >= 0.3 is 5.97 Å². The van der Waals surface area contributed by atoms with Gasteiger partial charge in [0.05, 0.1) is 18.6 Å². The number of rotatable bonds is 4. The molecule has 1 saturated heterocycles. The molecule has 27 heavy (non-hydrogen) atoms. The Morgan fingerprint density at radius 2 is 1.85 bits per heavy atom. The molecule has 0 spiro atoms. The van der Waals surface area contributed by atoms with Crippen molar-refractivity contribution in [1.82, 2.24) is 10.3 Å². The predicted molar refractivity (Wildman–Crippen MR) is 99.8 cm³/mol. The van der Waals surface area contributed by atoms with E-state index < -0.39 is 0 Å². The largest absolute Gasteiger partial charge is 0.469 e. The first kappa shape index (κ1) is 19.2. The number of nitrogens with zero attached hydrogens (tertiary/aromatic N) is 3. The molecular formula is C20H26N4O3. The number of carbonyl (C=O) groups is 2. The second-order valence-corrected chi connectivity index (χ2v) is 7.36. The highest BCUT2D eigenvalue weighted by atomic mass is 16.5. The summed E-state index contributed by atoms with van der Waals surface area (Å²) in [5.74, 6) is 0.853. The van der Waals surface area contributed by atoms with Crippen LogP contribution in [0.15, 0.2) is 18.3 Å². The summed E-state index contributed by atoms with van der Waals surface area (Å²) in [7, 11) is 1.43. The Bertz CT molecular complexity index is 697. The lowest BCUT2D eigenvalue weighted by Gasteiger charge is -2.34. The summed E-state index contributed by atoms with van der Waals surface area (Å²) in [4.78, 5) is 30.7. The lowest BCUT2D eigenvalue weighted by molar-refractivity contribution is -0.146. The van der Waals surface area contributed by atoms with Gasteiger partial charge < -0.3 is 15.0 Å². The molecule has 1 aliphatic carbocycles. The van der Waals surface area contributed by atoms with Gasteiger partial charge in [0.25, 0.3) is 0 Å². The molecule has 0 aromatic carbocycles. The average molecular weight is 370 g/mol. The van der Waals surface area contributed by atoms with Crippen molar-refractivity contribution in [2.24, 2.45) is 11.8 Å². The number of anilines is 1. The fourth-order valence-corrected chi connectivity index (χ4v) is 3.97. The molecule has 0 unspecified atom stereocenters. The fourth-order valence-electron chi connectivity index (χ4n) is 3.97. The molecular weight excluding hydrogens is 344 g/mol. The highest BCUT2D eigenvalue weighted by molar-refractivity contribution is 5.79. The van der Waals surface area contributed by atoms with Crippen molar-refractivity contribution in [1.29, 1.82) is 5.26 Å². The van der Waals surface area contributed by atoms with Gasteiger partial charge in [-0.05, 0) is 50.7 Å². The molecule has 1 amide bonds. The van der Waals surface area contributed by atoms with Crippen molar-refractivity contribution < 1.29 is 14.3 Å². The van der Waals surface area contributed by atoms with E-state index in [1.165, 1.54) is 7.11 Å². The second-order valence-electron chi connectivity index (χ2n) is 7.36. The standard InChI is InChI=1S/C20H26N4O3/c1-27-20(26)16-3-5-17(6-4-16)23-19(25)15-8-10-24(11-9-15)18-7-2-14(12-21)13-22-18/h2,7,13,15-17H,3-6,8-11H2,1H3,(H,23,25)/t16-,17-. The van der Waals surface area contributed by atoms with E-state index >= 15 is 0 Å². The Labute approximate surface area is 159 Å². The van der Waals surface area contributed by atoms with Crippen LogP contribution < -0.4 is 10.2 Å². The average Bonchev–Trinajstić information content (AvgIpc) is 2.74. The number of amides is 1. The van der Waals surface area contributed by atoms with Crippen molar-refractivity contribution in [3.8, 4) is 6.07 Å². The molecule has 7 nitrogen and oxygen atoms in total. The van der Waals surface area contributed by atoms with Gasteiger partial charge in [-0.15, -0.1) is 0 Å². The topological polar surface area (TPSA) is 95.3 Å². The SMILES string of the molecule is COC(=O)[C@H]1CC[C@H](NC(=O)C2CCN(c3ccc(C#N)cn3)CC2)CC1. The Morgan fingerprint density at radius 1 is 1.15 bits per heavy atom.